The molecule has 1 saturated heterocycles. The Kier molecular flexibility index (Phi) is 4.90. The van der Waals surface area contributed by atoms with Gasteiger partial charge in [-0.05, 0) is 37.5 Å². The van der Waals surface area contributed by atoms with Gasteiger partial charge in [0.2, 0.25) is 10.0 Å². The first-order chi connectivity index (χ1) is 9.79. The van der Waals surface area contributed by atoms with E-state index in [9.17, 15) is 21.6 Å². The van der Waals surface area contributed by atoms with Crippen LogP contribution < -0.4 is 4.72 Å². The SMILES string of the molecule is O=S(=O)(NCCC1CCCO1)c1cccc(C(F)(F)F)c1. The predicted molar refractivity (Wildman–Crippen MR) is 70.2 cm³/mol. The number of alkyl halides is 3. The molecule has 0 amide bonds. The van der Waals surface area contributed by atoms with Crippen LogP contribution in [0.2, 0.25) is 0 Å². The molecule has 4 nitrogen and oxygen atoms in total. The van der Waals surface area contributed by atoms with Crippen LogP contribution in [0.5, 0.6) is 0 Å². The largest absolute Gasteiger partial charge is 0.416 e. The van der Waals surface area contributed by atoms with Crippen molar-refractivity contribution in [3.8, 4) is 0 Å². The van der Waals surface area contributed by atoms with Crippen LogP contribution in [0.1, 0.15) is 24.8 Å². The molecule has 0 bridgehead atoms. The van der Waals surface area contributed by atoms with Gasteiger partial charge >= 0.3 is 6.18 Å². The van der Waals surface area contributed by atoms with Crippen molar-refractivity contribution in [2.45, 2.75) is 36.4 Å². The average Bonchev–Trinajstić information content (AvgIpc) is 2.91. The lowest BCUT2D eigenvalue weighted by atomic mass is 10.2. The normalized spacial score (nSPS) is 19.9. The molecule has 0 aromatic heterocycles. The molecular formula is C13H16F3NO3S. The molecule has 1 unspecified atom stereocenters. The van der Waals surface area contributed by atoms with Crippen molar-refractivity contribution in [1.29, 1.82) is 0 Å². The van der Waals surface area contributed by atoms with Crippen LogP contribution >= 0.6 is 0 Å². The van der Waals surface area contributed by atoms with Crippen LogP contribution in [0.15, 0.2) is 29.2 Å². The van der Waals surface area contributed by atoms with E-state index in [1.165, 1.54) is 0 Å². The molecule has 1 fully saturated rings. The highest BCUT2D eigenvalue weighted by Crippen LogP contribution is 2.30. The third kappa shape index (κ3) is 4.42. The van der Waals surface area contributed by atoms with Crippen molar-refractivity contribution in [2.75, 3.05) is 13.2 Å². The van der Waals surface area contributed by atoms with Crippen molar-refractivity contribution in [1.82, 2.24) is 4.72 Å². The number of halogens is 3. The second-order valence-corrected chi connectivity index (χ2v) is 6.61. The molecule has 1 heterocycles. The van der Waals surface area contributed by atoms with Crippen LogP contribution in [0, 0.1) is 0 Å². The lowest BCUT2D eigenvalue weighted by Crippen LogP contribution is -2.27. The summed E-state index contributed by atoms with van der Waals surface area (Å²) in [6.45, 7) is 0.814. The minimum absolute atomic E-state index is 0.0224. The third-order valence-electron chi connectivity index (χ3n) is 3.25. The Morgan fingerprint density at radius 3 is 2.71 bits per heavy atom. The van der Waals surface area contributed by atoms with E-state index in [1.807, 2.05) is 0 Å². The fourth-order valence-corrected chi connectivity index (χ4v) is 3.24. The van der Waals surface area contributed by atoms with Gasteiger partial charge in [0.05, 0.1) is 16.6 Å². The summed E-state index contributed by atoms with van der Waals surface area (Å²) in [4.78, 5) is -0.385. The highest BCUT2D eigenvalue weighted by Gasteiger charge is 2.31. The Bertz CT molecular complexity index is 581. The second-order valence-electron chi connectivity index (χ2n) is 4.85. The summed E-state index contributed by atoms with van der Waals surface area (Å²) in [6, 6.07) is 3.70. The summed E-state index contributed by atoms with van der Waals surface area (Å²) in [5.74, 6) is 0. The molecule has 1 aromatic rings. The number of benzene rings is 1. The topological polar surface area (TPSA) is 55.4 Å². The van der Waals surface area contributed by atoms with Crippen molar-refractivity contribution in [3.63, 3.8) is 0 Å². The van der Waals surface area contributed by atoms with Crippen molar-refractivity contribution in [2.24, 2.45) is 0 Å². The van der Waals surface area contributed by atoms with E-state index < -0.39 is 21.8 Å². The Morgan fingerprint density at radius 2 is 2.10 bits per heavy atom. The zero-order valence-electron chi connectivity index (χ0n) is 11.2. The summed E-state index contributed by atoms with van der Waals surface area (Å²) >= 11 is 0. The summed E-state index contributed by atoms with van der Waals surface area (Å²) in [5.41, 5.74) is -0.982. The number of ether oxygens (including phenoxy) is 1. The summed E-state index contributed by atoms with van der Waals surface area (Å²) < 4.78 is 69.3. The monoisotopic (exact) mass is 323 g/mol. The second kappa shape index (κ2) is 6.33. The Morgan fingerprint density at radius 1 is 1.33 bits per heavy atom. The van der Waals surface area contributed by atoms with E-state index in [0.717, 1.165) is 31.0 Å². The first-order valence-corrected chi connectivity index (χ1v) is 8.06. The van der Waals surface area contributed by atoms with Gasteiger partial charge in [-0.15, -0.1) is 0 Å². The fourth-order valence-electron chi connectivity index (χ4n) is 2.15. The number of rotatable bonds is 5. The summed E-state index contributed by atoms with van der Waals surface area (Å²) in [6.07, 6.45) is -2.20. The molecule has 0 aliphatic carbocycles. The molecular weight excluding hydrogens is 307 g/mol. The van der Waals surface area contributed by atoms with Crippen LogP contribution in [0.3, 0.4) is 0 Å². The predicted octanol–water partition coefficient (Wildman–Crippen LogP) is 2.55. The zero-order chi connectivity index (χ0) is 15.5. The summed E-state index contributed by atoms with van der Waals surface area (Å²) in [5, 5.41) is 0. The Balaban J connectivity index is 2.01. The maximum Gasteiger partial charge on any atom is 0.416 e. The van der Waals surface area contributed by atoms with Crippen LogP contribution in [0.4, 0.5) is 13.2 Å². The standard InChI is InChI=1S/C13H16F3NO3S/c14-13(15,16)10-3-1-5-12(9-10)21(18,19)17-7-6-11-4-2-8-20-11/h1,3,5,9,11,17H,2,4,6-8H2. The van der Waals surface area contributed by atoms with Gasteiger partial charge in [-0.2, -0.15) is 13.2 Å². The van der Waals surface area contributed by atoms with Crippen LogP contribution in [-0.4, -0.2) is 27.7 Å². The van der Waals surface area contributed by atoms with Gasteiger partial charge in [0.25, 0.3) is 0 Å². The van der Waals surface area contributed by atoms with Gasteiger partial charge in [0.15, 0.2) is 0 Å². The minimum Gasteiger partial charge on any atom is -0.378 e. The molecule has 1 aromatic carbocycles. The maximum atomic E-state index is 12.6. The highest BCUT2D eigenvalue weighted by atomic mass is 32.2. The van der Waals surface area contributed by atoms with Crippen LogP contribution in [0.25, 0.3) is 0 Å². The van der Waals surface area contributed by atoms with E-state index in [2.05, 4.69) is 4.72 Å². The van der Waals surface area contributed by atoms with Gasteiger partial charge in [-0.25, -0.2) is 13.1 Å². The molecule has 21 heavy (non-hydrogen) atoms. The van der Waals surface area contributed by atoms with Crippen LogP contribution in [-0.2, 0) is 20.9 Å². The Labute approximate surface area is 121 Å². The van der Waals surface area contributed by atoms with E-state index in [4.69, 9.17) is 4.74 Å². The average molecular weight is 323 g/mol. The molecule has 0 spiro atoms. The molecule has 0 radical (unpaired) electrons. The fraction of sp³-hybridized carbons (Fsp3) is 0.538. The van der Waals surface area contributed by atoms with E-state index in [1.54, 1.807) is 0 Å². The number of hydrogen-bond donors (Lipinski definition) is 1. The lowest BCUT2D eigenvalue weighted by Gasteiger charge is -2.12. The van der Waals surface area contributed by atoms with E-state index >= 15 is 0 Å². The molecule has 2 rings (SSSR count). The van der Waals surface area contributed by atoms with Gasteiger partial charge in [0, 0.05) is 13.2 Å². The van der Waals surface area contributed by atoms with Crippen molar-refractivity contribution >= 4 is 10.0 Å². The first kappa shape index (κ1) is 16.3. The smallest absolute Gasteiger partial charge is 0.378 e. The number of nitrogens with one attached hydrogen (secondary N) is 1. The zero-order valence-corrected chi connectivity index (χ0v) is 12.0. The highest BCUT2D eigenvalue weighted by molar-refractivity contribution is 7.89. The molecule has 1 aliphatic heterocycles. The molecule has 1 N–H and O–H groups in total. The van der Waals surface area contributed by atoms with E-state index in [0.29, 0.717) is 19.1 Å². The molecule has 1 aliphatic rings. The molecule has 8 heteroatoms. The maximum absolute atomic E-state index is 12.6. The Hall–Kier alpha value is -1.12. The lowest BCUT2D eigenvalue weighted by molar-refractivity contribution is -0.137. The summed E-state index contributed by atoms with van der Waals surface area (Å²) in [7, 11) is -3.94. The number of hydrogen-bond acceptors (Lipinski definition) is 3. The van der Waals surface area contributed by atoms with Gasteiger partial charge in [0.1, 0.15) is 0 Å². The molecule has 1 atom stereocenters. The van der Waals surface area contributed by atoms with Gasteiger partial charge in [-0.3, -0.25) is 0 Å². The first-order valence-electron chi connectivity index (χ1n) is 6.57. The molecule has 0 saturated carbocycles. The quantitative estimate of drug-likeness (QED) is 0.906. The van der Waals surface area contributed by atoms with Gasteiger partial charge in [-0.1, -0.05) is 6.07 Å². The van der Waals surface area contributed by atoms with Crippen molar-refractivity contribution < 1.29 is 26.3 Å². The third-order valence-corrected chi connectivity index (χ3v) is 4.71. The minimum atomic E-state index is -4.57. The van der Waals surface area contributed by atoms with E-state index in [-0.39, 0.29) is 17.5 Å². The molecule has 118 valence electrons. The number of sulfonamides is 1. The van der Waals surface area contributed by atoms with Gasteiger partial charge < -0.3 is 4.74 Å². The van der Waals surface area contributed by atoms with Crippen molar-refractivity contribution in [3.05, 3.63) is 29.8 Å².